The molecule has 1 aliphatic carbocycles. The molecular formula is C29H34N8O. The fourth-order valence-corrected chi connectivity index (χ4v) is 5.97. The molecule has 2 aromatic carbocycles. The molecule has 38 heavy (non-hydrogen) atoms. The third kappa shape index (κ3) is 4.63. The van der Waals surface area contributed by atoms with Gasteiger partial charge >= 0.3 is 0 Å². The molecule has 1 saturated carbocycles. The topological polar surface area (TPSA) is 109 Å². The molecule has 3 N–H and O–H groups in total. The average Bonchev–Trinajstić information content (AvgIpc) is 3.36. The molecule has 0 bridgehead atoms. The van der Waals surface area contributed by atoms with Gasteiger partial charge in [-0.1, -0.05) is 59.8 Å². The van der Waals surface area contributed by atoms with Gasteiger partial charge in [-0.2, -0.15) is 5.10 Å². The van der Waals surface area contributed by atoms with Gasteiger partial charge in [-0.3, -0.25) is 4.90 Å². The fraction of sp³-hybridized carbons (Fsp3) is 0.379. The van der Waals surface area contributed by atoms with Crippen molar-refractivity contribution in [1.29, 1.82) is 0 Å². The van der Waals surface area contributed by atoms with Crippen LogP contribution in [0.3, 0.4) is 0 Å². The summed E-state index contributed by atoms with van der Waals surface area (Å²) < 4.78 is 2.08. The lowest BCUT2D eigenvalue weighted by molar-refractivity contribution is 0.0815. The lowest BCUT2D eigenvalue weighted by Crippen LogP contribution is -2.49. The molecule has 1 aliphatic heterocycles. The van der Waals surface area contributed by atoms with Crippen molar-refractivity contribution in [3.05, 3.63) is 72.1 Å². The Bertz CT molecular complexity index is 1420. The largest absolute Gasteiger partial charge is 0.410 e. The SMILES string of the molecule is CN1CCN(C2CCC(n3nc(-c4ccc(C(=NO)c5ccccc5)cc4)c4c(N)ncnc43)CC2)CC1. The number of nitrogen functional groups attached to an aromatic ring is 1. The molecule has 9 nitrogen and oxygen atoms in total. The first-order valence-electron chi connectivity index (χ1n) is 13.4. The molecule has 3 heterocycles. The normalized spacial score (nSPS) is 21.7. The van der Waals surface area contributed by atoms with E-state index in [-0.39, 0.29) is 6.04 Å². The molecule has 1 saturated heterocycles. The maximum Gasteiger partial charge on any atom is 0.164 e. The summed E-state index contributed by atoms with van der Waals surface area (Å²) in [6.07, 6.45) is 6.02. The van der Waals surface area contributed by atoms with Gasteiger partial charge in [0.05, 0.1) is 11.4 Å². The summed E-state index contributed by atoms with van der Waals surface area (Å²) in [7, 11) is 2.21. The van der Waals surface area contributed by atoms with Gasteiger partial charge in [0.1, 0.15) is 23.6 Å². The van der Waals surface area contributed by atoms with E-state index in [4.69, 9.17) is 10.8 Å². The van der Waals surface area contributed by atoms with E-state index in [2.05, 4.69) is 36.7 Å². The number of hydrogen-bond donors (Lipinski definition) is 2. The summed E-state index contributed by atoms with van der Waals surface area (Å²) in [5.74, 6) is 0.438. The van der Waals surface area contributed by atoms with Crippen molar-refractivity contribution in [2.45, 2.75) is 37.8 Å². The van der Waals surface area contributed by atoms with E-state index in [1.807, 2.05) is 54.6 Å². The van der Waals surface area contributed by atoms with Gasteiger partial charge in [-0.25, -0.2) is 14.6 Å². The quantitative estimate of drug-likeness (QED) is 0.237. The maximum absolute atomic E-state index is 9.69. The Morgan fingerprint density at radius 1 is 0.868 bits per heavy atom. The van der Waals surface area contributed by atoms with Crippen LogP contribution in [0, 0.1) is 0 Å². The van der Waals surface area contributed by atoms with Crippen LogP contribution in [0.4, 0.5) is 5.82 Å². The summed E-state index contributed by atoms with van der Waals surface area (Å²) >= 11 is 0. The molecule has 0 radical (unpaired) electrons. The van der Waals surface area contributed by atoms with E-state index in [0.717, 1.165) is 72.4 Å². The summed E-state index contributed by atoms with van der Waals surface area (Å²) in [4.78, 5) is 14.0. The van der Waals surface area contributed by atoms with Gasteiger partial charge in [0.15, 0.2) is 5.65 Å². The third-order valence-electron chi connectivity index (χ3n) is 8.16. The Labute approximate surface area is 222 Å². The lowest BCUT2D eigenvalue weighted by atomic mass is 9.90. The van der Waals surface area contributed by atoms with Crippen molar-refractivity contribution in [3.8, 4) is 11.3 Å². The van der Waals surface area contributed by atoms with Gasteiger partial charge in [0.25, 0.3) is 0 Å². The Hall–Kier alpha value is -3.82. The summed E-state index contributed by atoms with van der Waals surface area (Å²) in [5.41, 5.74) is 11.1. The summed E-state index contributed by atoms with van der Waals surface area (Å²) in [5, 5.41) is 19.1. The first kappa shape index (κ1) is 24.5. The number of oxime groups is 1. The molecule has 0 amide bonds. The van der Waals surface area contributed by atoms with Crippen LogP contribution in [0.15, 0.2) is 66.1 Å². The lowest BCUT2D eigenvalue weighted by Gasteiger charge is -2.41. The maximum atomic E-state index is 9.69. The predicted molar refractivity (Wildman–Crippen MR) is 149 cm³/mol. The van der Waals surface area contributed by atoms with Crippen molar-refractivity contribution in [2.24, 2.45) is 5.16 Å². The zero-order chi connectivity index (χ0) is 26.1. The summed E-state index contributed by atoms with van der Waals surface area (Å²) in [6.45, 7) is 4.62. The third-order valence-corrected chi connectivity index (χ3v) is 8.16. The second-order valence-corrected chi connectivity index (χ2v) is 10.4. The second kappa shape index (κ2) is 10.5. The van der Waals surface area contributed by atoms with Crippen LogP contribution in [0.2, 0.25) is 0 Å². The first-order chi connectivity index (χ1) is 18.6. The van der Waals surface area contributed by atoms with Crippen molar-refractivity contribution in [3.63, 3.8) is 0 Å². The van der Waals surface area contributed by atoms with Crippen molar-refractivity contribution < 1.29 is 5.21 Å². The van der Waals surface area contributed by atoms with Gasteiger partial charge in [-0.15, -0.1) is 0 Å². The Balaban J connectivity index is 1.27. The minimum Gasteiger partial charge on any atom is -0.410 e. The molecule has 2 fully saturated rings. The standard InChI is InChI=1S/C29H34N8O/c1-35-15-17-36(18-16-35)23-11-13-24(14-12-23)37-29-25(28(30)31-19-32-29)27(33-37)22-9-7-21(8-10-22)26(34-38)20-5-3-2-4-6-20/h2-10,19,23-24,38H,11-18H2,1H3,(H2,30,31,32). The number of hydrogen-bond acceptors (Lipinski definition) is 8. The van der Waals surface area contributed by atoms with Gasteiger partial charge in [0, 0.05) is 48.9 Å². The molecule has 2 aliphatic rings. The van der Waals surface area contributed by atoms with Gasteiger partial charge in [-0.05, 0) is 32.7 Å². The smallest absolute Gasteiger partial charge is 0.164 e. The zero-order valence-electron chi connectivity index (χ0n) is 21.7. The van der Waals surface area contributed by atoms with Crippen LogP contribution in [-0.2, 0) is 0 Å². The van der Waals surface area contributed by atoms with E-state index in [1.54, 1.807) is 0 Å². The zero-order valence-corrected chi connectivity index (χ0v) is 21.7. The number of rotatable bonds is 5. The minimum atomic E-state index is 0.287. The van der Waals surface area contributed by atoms with Crippen LogP contribution >= 0.6 is 0 Å². The molecule has 2 aromatic heterocycles. The number of nitrogens with two attached hydrogens (primary N) is 1. The number of fused-ring (bicyclic) bond motifs is 1. The van der Waals surface area contributed by atoms with E-state index in [0.29, 0.717) is 17.6 Å². The highest BCUT2D eigenvalue weighted by Gasteiger charge is 2.30. The summed E-state index contributed by atoms with van der Waals surface area (Å²) in [6, 6.07) is 18.5. The van der Waals surface area contributed by atoms with Crippen LogP contribution < -0.4 is 5.73 Å². The number of aromatic nitrogens is 4. The highest BCUT2D eigenvalue weighted by atomic mass is 16.4. The Morgan fingerprint density at radius 2 is 1.53 bits per heavy atom. The van der Waals surface area contributed by atoms with Gasteiger partial charge in [0.2, 0.25) is 0 Å². The van der Waals surface area contributed by atoms with Crippen LogP contribution in [0.1, 0.15) is 42.9 Å². The number of anilines is 1. The van der Waals surface area contributed by atoms with E-state index >= 15 is 0 Å². The van der Waals surface area contributed by atoms with Crippen molar-refractivity contribution in [1.82, 2.24) is 29.5 Å². The molecule has 196 valence electrons. The van der Waals surface area contributed by atoms with Crippen molar-refractivity contribution in [2.75, 3.05) is 39.0 Å². The number of piperazine rings is 1. The molecule has 9 heteroatoms. The highest BCUT2D eigenvalue weighted by Crippen LogP contribution is 2.37. The fourth-order valence-electron chi connectivity index (χ4n) is 5.97. The minimum absolute atomic E-state index is 0.287. The Morgan fingerprint density at radius 3 is 2.21 bits per heavy atom. The Kier molecular flexibility index (Phi) is 6.78. The van der Waals surface area contributed by atoms with Gasteiger partial charge < -0.3 is 15.8 Å². The predicted octanol–water partition coefficient (Wildman–Crippen LogP) is 4.03. The van der Waals surface area contributed by atoms with Crippen LogP contribution in [-0.4, -0.2) is 79.7 Å². The van der Waals surface area contributed by atoms with Crippen LogP contribution in [0.25, 0.3) is 22.3 Å². The van der Waals surface area contributed by atoms with Crippen molar-refractivity contribution >= 4 is 22.6 Å². The van der Waals surface area contributed by atoms with E-state index in [1.165, 1.54) is 19.2 Å². The highest BCUT2D eigenvalue weighted by molar-refractivity contribution is 6.12. The monoisotopic (exact) mass is 510 g/mol. The number of nitrogens with zero attached hydrogens (tertiary/aromatic N) is 7. The molecule has 0 unspecified atom stereocenters. The molecular weight excluding hydrogens is 476 g/mol. The number of likely N-dealkylation sites (N-methyl/N-ethyl adjacent to an activating group) is 1. The molecule has 0 spiro atoms. The van der Waals surface area contributed by atoms with E-state index in [9.17, 15) is 5.21 Å². The number of benzene rings is 2. The van der Waals surface area contributed by atoms with E-state index < -0.39 is 0 Å². The van der Waals surface area contributed by atoms with Crippen LogP contribution in [0.5, 0.6) is 0 Å². The molecule has 6 rings (SSSR count). The molecule has 4 aromatic rings. The average molecular weight is 511 g/mol. The molecule has 0 atom stereocenters. The second-order valence-electron chi connectivity index (χ2n) is 10.4. The first-order valence-corrected chi connectivity index (χ1v) is 13.4.